The minimum atomic E-state index is 0.991. The standard InChI is InChI=1S/C14H15N/c1-11-8-9-14(15-12(2)10-11)13-6-4-3-5-7-13/h3-7,9-10H,8H2,1-2H3. The predicted octanol–water partition coefficient (Wildman–Crippen LogP) is 3.84. The van der Waals surface area contributed by atoms with Gasteiger partial charge in [0.15, 0.2) is 0 Å². The molecule has 1 aromatic carbocycles. The smallest absolute Gasteiger partial charge is 0.0668 e. The summed E-state index contributed by atoms with van der Waals surface area (Å²) in [7, 11) is 0. The molecule has 2 rings (SSSR count). The number of allylic oxidation sites excluding steroid dienone is 3. The van der Waals surface area contributed by atoms with Crippen LogP contribution in [-0.4, -0.2) is 5.71 Å². The van der Waals surface area contributed by atoms with Gasteiger partial charge in [-0.2, -0.15) is 0 Å². The Morgan fingerprint density at radius 2 is 1.80 bits per heavy atom. The lowest BCUT2D eigenvalue weighted by molar-refractivity contribution is 1.22. The highest BCUT2D eigenvalue weighted by atomic mass is 14.8. The van der Waals surface area contributed by atoms with Crippen LogP contribution in [0.2, 0.25) is 0 Å². The van der Waals surface area contributed by atoms with E-state index in [-0.39, 0.29) is 0 Å². The van der Waals surface area contributed by atoms with Crippen molar-refractivity contribution in [2.75, 3.05) is 0 Å². The Morgan fingerprint density at radius 3 is 2.53 bits per heavy atom. The number of hydrogen-bond donors (Lipinski definition) is 0. The Hall–Kier alpha value is -1.63. The third kappa shape index (κ3) is 2.44. The van der Waals surface area contributed by atoms with Crippen molar-refractivity contribution in [2.24, 2.45) is 4.99 Å². The fourth-order valence-corrected chi connectivity index (χ4v) is 1.73. The van der Waals surface area contributed by atoms with E-state index in [9.17, 15) is 0 Å². The Bertz CT molecular complexity index is 436. The summed E-state index contributed by atoms with van der Waals surface area (Å²) in [4.78, 5) is 4.60. The van der Waals surface area contributed by atoms with E-state index >= 15 is 0 Å². The maximum Gasteiger partial charge on any atom is 0.0668 e. The second-order valence-corrected chi connectivity index (χ2v) is 3.90. The molecule has 15 heavy (non-hydrogen) atoms. The van der Waals surface area contributed by atoms with Crippen molar-refractivity contribution >= 4 is 11.4 Å². The highest BCUT2D eigenvalue weighted by molar-refractivity contribution is 5.97. The maximum atomic E-state index is 4.60. The summed E-state index contributed by atoms with van der Waals surface area (Å²) in [6.45, 7) is 4.19. The highest BCUT2D eigenvalue weighted by Crippen LogP contribution is 2.20. The van der Waals surface area contributed by atoms with Crippen LogP contribution in [0, 0.1) is 0 Å². The molecule has 76 valence electrons. The van der Waals surface area contributed by atoms with Gasteiger partial charge in [-0.25, -0.2) is 0 Å². The van der Waals surface area contributed by atoms with Crippen molar-refractivity contribution in [3.63, 3.8) is 0 Å². The molecule has 0 saturated heterocycles. The van der Waals surface area contributed by atoms with Gasteiger partial charge < -0.3 is 0 Å². The quantitative estimate of drug-likeness (QED) is 0.648. The molecular weight excluding hydrogens is 182 g/mol. The van der Waals surface area contributed by atoms with Gasteiger partial charge in [0.25, 0.3) is 0 Å². The number of aliphatic imine (C=N–C) groups is 1. The second kappa shape index (κ2) is 4.26. The van der Waals surface area contributed by atoms with Crippen LogP contribution >= 0.6 is 0 Å². The first kappa shape index (κ1) is 9.91. The molecule has 0 bridgehead atoms. The van der Waals surface area contributed by atoms with E-state index in [1.165, 1.54) is 11.1 Å². The maximum absolute atomic E-state index is 4.60. The normalized spacial score (nSPS) is 16.3. The van der Waals surface area contributed by atoms with E-state index in [4.69, 9.17) is 0 Å². The number of rotatable bonds is 1. The molecular formula is C14H15N. The Labute approximate surface area is 90.9 Å². The van der Waals surface area contributed by atoms with E-state index in [0.717, 1.165) is 17.8 Å². The highest BCUT2D eigenvalue weighted by Gasteiger charge is 2.03. The van der Waals surface area contributed by atoms with Crippen LogP contribution in [0.25, 0.3) is 5.70 Å². The van der Waals surface area contributed by atoms with Crippen molar-refractivity contribution in [1.82, 2.24) is 0 Å². The largest absolute Gasteiger partial charge is 0.253 e. The van der Waals surface area contributed by atoms with E-state index < -0.39 is 0 Å². The monoisotopic (exact) mass is 197 g/mol. The molecule has 0 saturated carbocycles. The molecule has 0 amide bonds. The first-order valence-corrected chi connectivity index (χ1v) is 5.24. The van der Waals surface area contributed by atoms with Gasteiger partial charge in [0.2, 0.25) is 0 Å². The third-order valence-electron chi connectivity index (χ3n) is 2.44. The number of benzene rings is 1. The van der Waals surface area contributed by atoms with E-state index in [0.29, 0.717) is 0 Å². The van der Waals surface area contributed by atoms with Gasteiger partial charge >= 0.3 is 0 Å². The molecule has 0 unspecified atom stereocenters. The van der Waals surface area contributed by atoms with Gasteiger partial charge in [-0.05, 0) is 31.9 Å². The molecule has 1 aliphatic heterocycles. The van der Waals surface area contributed by atoms with Crippen LogP contribution in [-0.2, 0) is 0 Å². The van der Waals surface area contributed by atoms with Gasteiger partial charge in [-0.3, -0.25) is 4.99 Å². The van der Waals surface area contributed by atoms with E-state index in [2.05, 4.69) is 36.2 Å². The van der Waals surface area contributed by atoms with Crippen LogP contribution < -0.4 is 0 Å². The van der Waals surface area contributed by atoms with Crippen molar-refractivity contribution < 1.29 is 0 Å². The fraction of sp³-hybridized carbons (Fsp3) is 0.214. The molecule has 1 nitrogen and oxygen atoms in total. The Kier molecular flexibility index (Phi) is 2.82. The molecule has 0 fully saturated rings. The van der Waals surface area contributed by atoms with Gasteiger partial charge in [0.05, 0.1) is 5.70 Å². The zero-order chi connectivity index (χ0) is 10.7. The van der Waals surface area contributed by atoms with Crippen molar-refractivity contribution in [1.29, 1.82) is 0 Å². The average molecular weight is 197 g/mol. The summed E-state index contributed by atoms with van der Waals surface area (Å²) in [5.41, 5.74) is 4.73. The Balaban J connectivity index is 2.37. The summed E-state index contributed by atoms with van der Waals surface area (Å²) >= 11 is 0. The lowest BCUT2D eigenvalue weighted by Crippen LogP contribution is -1.86. The molecule has 1 heterocycles. The SMILES string of the molecule is CC1=CC(C)=NC(c2ccccc2)=CC1. The first-order valence-electron chi connectivity index (χ1n) is 5.24. The lowest BCUT2D eigenvalue weighted by Gasteiger charge is -2.01. The number of nitrogens with zero attached hydrogens (tertiary/aromatic N) is 1. The zero-order valence-corrected chi connectivity index (χ0v) is 9.20. The third-order valence-corrected chi connectivity index (χ3v) is 2.44. The summed E-state index contributed by atoms with van der Waals surface area (Å²) < 4.78 is 0. The van der Waals surface area contributed by atoms with Crippen LogP contribution in [0.3, 0.4) is 0 Å². The van der Waals surface area contributed by atoms with Gasteiger partial charge in [-0.1, -0.05) is 42.0 Å². The predicted molar refractivity (Wildman–Crippen MR) is 65.9 cm³/mol. The van der Waals surface area contributed by atoms with E-state index in [1.807, 2.05) is 25.1 Å². The van der Waals surface area contributed by atoms with Crippen LogP contribution in [0.4, 0.5) is 0 Å². The minimum absolute atomic E-state index is 0.991. The zero-order valence-electron chi connectivity index (χ0n) is 9.20. The Morgan fingerprint density at radius 1 is 1.07 bits per heavy atom. The summed E-state index contributed by atoms with van der Waals surface area (Å²) in [6, 6.07) is 10.3. The molecule has 0 N–H and O–H groups in total. The van der Waals surface area contributed by atoms with Gasteiger partial charge in [-0.15, -0.1) is 0 Å². The number of hydrogen-bond acceptors (Lipinski definition) is 1. The average Bonchev–Trinajstić information content (AvgIpc) is 2.41. The topological polar surface area (TPSA) is 12.4 Å². The van der Waals surface area contributed by atoms with Crippen molar-refractivity contribution in [3.8, 4) is 0 Å². The van der Waals surface area contributed by atoms with Gasteiger partial charge in [0.1, 0.15) is 0 Å². The van der Waals surface area contributed by atoms with E-state index in [1.54, 1.807) is 0 Å². The lowest BCUT2D eigenvalue weighted by atomic mass is 10.1. The molecule has 0 atom stereocenters. The van der Waals surface area contributed by atoms with Crippen LogP contribution in [0.1, 0.15) is 25.8 Å². The molecule has 0 aliphatic carbocycles. The van der Waals surface area contributed by atoms with Gasteiger partial charge in [0, 0.05) is 5.71 Å². The molecule has 1 aliphatic rings. The summed E-state index contributed by atoms with van der Waals surface area (Å²) in [5.74, 6) is 0. The fourth-order valence-electron chi connectivity index (χ4n) is 1.73. The molecule has 0 radical (unpaired) electrons. The minimum Gasteiger partial charge on any atom is -0.253 e. The molecule has 1 heteroatoms. The summed E-state index contributed by atoms with van der Waals surface area (Å²) in [6.07, 6.45) is 5.33. The molecule has 0 aromatic heterocycles. The second-order valence-electron chi connectivity index (χ2n) is 3.90. The molecule has 1 aromatic rings. The molecule has 0 spiro atoms. The van der Waals surface area contributed by atoms with Crippen LogP contribution in [0.5, 0.6) is 0 Å². The summed E-state index contributed by atoms with van der Waals surface area (Å²) in [5, 5.41) is 0. The first-order chi connectivity index (χ1) is 7.25. The van der Waals surface area contributed by atoms with Crippen molar-refractivity contribution in [2.45, 2.75) is 20.3 Å². The van der Waals surface area contributed by atoms with Crippen LogP contribution in [0.15, 0.2) is 53.0 Å². The van der Waals surface area contributed by atoms with Crippen molar-refractivity contribution in [3.05, 3.63) is 53.6 Å².